The van der Waals surface area contributed by atoms with Crippen LogP contribution in [0.5, 0.6) is 5.75 Å². The Morgan fingerprint density at radius 3 is 2.44 bits per heavy atom. The van der Waals surface area contributed by atoms with Gasteiger partial charge in [0.25, 0.3) is 5.89 Å². The molecule has 4 nitrogen and oxygen atoms in total. The molecule has 1 heterocycles. The van der Waals surface area contributed by atoms with Crippen LogP contribution in [0.4, 0.5) is 0 Å². The molecule has 0 unspecified atom stereocenters. The number of nitrogens with zero attached hydrogens (tertiary/aromatic N) is 2. The van der Waals surface area contributed by atoms with Crippen molar-refractivity contribution in [2.75, 3.05) is 0 Å². The van der Waals surface area contributed by atoms with Gasteiger partial charge in [0.15, 0.2) is 6.61 Å². The molecule has 1 aromatic carbocycles. The molecule has 2 aromatic rings. The molecule has 0 aliphatic heterocycles. The van der Waals surface area contributed by atoms with Crippen molar-refractivity contribution in [2.24, 2.45) is 0 Å². The van der Waals surface area contributed by atoms with Gasteiger partial charge in [-0.1, -0.05) is 11.6 Å². The van der Waals surface area contributed by atoms with Gasteiger partial charge in [-0.3, -0.25) is 0 Å². The van der Waals surface area contributed by atoms with Gasteiger partial charge in [0.2, 0.25) is 5.89 Å². The molecule has 0 atom stereocenters. The van der Waals surface area contributed by atoms with E-state index in [9.17, 15) is 0 Å². The van der Waals surface area contributed by atoms with E-state index in [1.165, 1.54) is 0 Å². The second-order valence-electron chi connectivity index (χ2n) is 2.97. The van der Waals surface area contributed by atoms with Crippen LogP contribution in [0, 0.1) is 0 Å². The molecule has 84 valence electrons. The van der Waals surface area contributed by atoms with Crippen molar-refractivity contribution in [2.45, 2.75) is 12.5 Å². The Hall–Kier alpha value is -1.26. The van der Waals surface area contributed by atoms with Gasteiger partial charge in [0.05, 0.1) is 0 Å². The molecule has 0 fully saturated rings. The number of hydrogen-bond acceptors (Lipinski definition) is 4. The highest BCUT2D eigenvalue weighted by Gasteiger charge is 2.05. The Balaban J connectivity index is 1.94. The minimum Gasteiger partial charge on any atom is -0.484 e. The minimum atomic E-state index is 0.202. The van der Waals surface area contributed by atoms with E-state index >= 15 is 0 Å². The lowest BCUT2D eigenvalue weighted by atomic mass is 10.3. The molecule has 0 spiro atoms. The number of aromatic nitrogens is 2. The fourth-order valence-corrected chi connectivity index (χ4v) is 1.31. The van der Waals surface area contributed by atoms with Crippen LogP contribution < -0.4 is 4.74 Å². The summed E-state index contributed by atoms with van der Waals surface area (Å²) in [6.07, 6.45) is 0. The smallest absolute Gasteiger partial charge is 0.253 e. The average Bonchev–Trinajstić information content (AvgIpc) is 2.76. The van der Waals surface area contributed by atoms with Crippen molar-refractivity contribution in [1.29, 1.82) is 0 Å². The van der Waals surface area contributed by atoms with Crippen molar-refractivity contribution in [3.8, 4) is 5.75 Å². The van der Waals surface area contributed by atoms with E-state index in [2.05, 4.69) is 10.2 Å². The molecule has 0 N–H and O–H groups in total. The van der Waals surface area contributed by atoms with Crippen LogP contribution in [0.2, 0.25) is 5.02 Å². The molecule has 0 aliphatic carbocycles. The first-order chi connectivity index (χ1) is 7.78. The summed E-state index contributed by atoms with van der Waals surface area (Å²) >= 11 is 11.3. The summed E-state index contributed by atoms with van der Waals surface area (Å²) in [6.45, 7) is 0.214. The number of ether oxygens (including phenoxy) is 1. The Bertz CT molecular complexity index is 456. The van der Waals surface area contributed by atoms with Crippen molar-refractivity contribution < 1.29 is 9.15 Å². The van der Waals surface area contributed by atoms with E-state index in [0.717, 1.165) is 0 Å². The molecule has 0 saturated carbocycles. The van der Waals surface area contributed by atoms with E-state index in [4.69, 9.17) is 32.4 Å². The first kappa shape index (κ1) is 11.2. The molecule has 1 aromatic heterocycles. The zero-order chi connectivity index (χ0) is 11.4. The maximum Gasteiger partial charge on any atom is 0.253 e. The third-order valence-corrected chi connectivity index (χ3v) is 2.28. The summed E-state index contributed by atoms with van der Waals surface area (Å²) in [5.41, 5.74) is 0. The van der Waals surface area contributed by atoms with Gasteiger partial charge >= 0.3 is 0 Å². The van der Waals surface area contributed by atoms with Crippen LogP contribution in [-0.2, 0) is 12.5 Å². The summed E-state index contributed by atoms with van der Waals surface area (Å²) in [5, 5.41) is 8.14. The fraction of sp³-hybridized carbons (Fsp3) is 0.200. The van der Waals surface area contributed by atoms with Crippen LogP contribution in [0.25, 0.3) is 0 Å². The summed E-state index contributed by atoms with van der Waals surface area (Å²) in [7, 11) is 0. The highest BCUT2D eigenvalue weighted by Crippen LogP contribution is 2.16. The van der Waals surface area contributed by atoms with Crippen LogP contribution in [0.3, 0.4) is 0 Å². The molecule has 0 amide bonds. The lowest BCUT2D eigenvalue weighted by Gasteiger charge is -2.02. The lowest BCUT2D eigenvalue weighted by Crippen LogP contribution is -1.95. The van der Waals surface area contributed by atoms with Gasteiger partial charge in [-0.25, -0.2) is 0 Å². The second-order valence-corrected chi connectivity index (χ2v) is 3.67. The van der Waals surface area contributed by atoms with E-state index < -0.39 is 0 Å². The predicted octanol–water partition coefficient (Wildman–Crippen LogP) is 3.04. The van der Waals surface area contributed by atoms with Crippen LogP contribution in [-0.4, -0.2) is 10.2 Å². The number of hydrogen-bond donors (Lipinski definition) is 0. The van der Waals surface area contributed by atoms with Gasteiger partial charge in [0.1, 0.15) is 11.6 Å². The van der Waals surface area contributed by atoms with Crippen LogP contribution in [0.15, 0.2) is 28.7 Å². The minimum absolute atomic E-state index is 0.202. The molecular weight excluding hydrogens is 251 g/mol. The topological polar surface area (TPSA) is 48.2 Å². The summed E-state index contributed by atoms with van der Waals surface area (Å²) in [5.74, 6) is 1.67. The summed E-state index contributed by atoms with van der Waals surface area (Å²) in [4.78, 5) is 0. The Morgan fingerprint density at radius 1 is 1.12 bits per heavy atom. The molecular formula is C10H8Cl2N2O2. The van der Waals surface area contributed by atoms with Gasteiger partial charge in [-0.15, -0.1) is 21.8 Å². The van der Waals surface area contributed by atoms with Gasteiger partial charge in [0, 0.05) is 5.02 Å². The van der Waals surface area contributed by atoms with E-state index in [0.29, 0.717) is 22.6 Å². The normalized spacial score (nSPS) is 10.4. The zero-order valence-electron chi connectivity index (χ0n) is 8.19. The monoisotopic (exact) mass is 258 g/mol. The molecule has 6 heteroatoms. The van der Waals surface area contributed by atoms with E-state index in [1.54, 1.807) is 24.3 Å². The zero-order valence-corrected chi connectivity index (χ0v) is 9.70. The molecule has 0 saturated heterocycles. The largest absolute Gasteiger partial charge is 0.484 e. The third kappa shape index (κ3) is 2.87. The van der Waals surface area contributed by atoms with Gasteiger partial charge in [-0.2, -0.15) is 0 Å². The number of benzene rings is 1. The molecule has 0 bridgehead atoms. The number of rotatable bonds is 4. The summed E-state index contributed by atoms with van der Waals surface area (Å²) < 4.78 is 10.6. The SMILES string of the molecule is ClCc1nnc(COc2ccc(Cl)cc2)o1. The van der Waals surface area contributed by atoms with Crippen LogP contribution >= 0.6 is 23.2 Å². The van der Waals surface area contributed by atoms with E-state index in [1.807, 2.05) is 0 Å². The third-order valence-electron chi connectivity index (χ3n) is 1.80. The predicted molar refractivity (Wildman–Crippen MR) is 59.6 cm³/mol. The van der Waals surface area contributed by atoms with E-state index in [-0.39, 0.29) is 12.5 Å². The Kier molecular flexibility index (Phi) is 3.64. The standard InChI is InChI=1S/C10H8Cl2N2O2/c11-5-9-13-14-10(16-9)6-15-8-3-1-7(12)2-4-8/h1-4H,5-6H2. The number of alkyl halides is 1. The van der Waals surface area contributed by atoms with Crippen molar-refractivity contribution in [3.05, 3.63) is 41.1 Å². The quantitative estimate of drug-likeness (QED) is 0.792. The van der Waals surface area contributed by atoms with Gasteiger partial charge in [-0.05, 0) is 24.3 Å². The number of halogens is 2. The first-order valence-electron chi connectivity index (χ1n) is 4.53. The maximum atomic E-state index is 5.74. The molecule has 2 rings (SSSR count). The highest BCUT2D eigenvalue weighted by atomic mass is 35.5. The van der Waals surface area contributed by atoms with Gasteiger partial charge < -0.3 is 9.15 Å². The Morgan fingerprint density at radius 2 is 1.81 bits per heavy atom. The molecule has 0 aliphatic rings. The average molecular weight is 259 g/mol. The van der Waals surface area contributed by atoms with Crippen LogP contribution in [0.1, 0.15) is 11.8 Å². The lowest BCUT2D eigenvalue weighted by molar-refractivity contribution is 0.260. The molecule has 16 heavy (non-hydrogen) atoms. The first-order valence-corrected chi connectivity index (χ1v) is 5.45. The summed E-state index contributed by atoms with van der Waals surface area (Å²) in [6, 6.07) is 7.02. The Labute approximate surface area is 102 Å². The fourth-order valence-electron chi connectivity index (χ4n) is 1.08. The van der Waals surface area contributed by atoms with Crippen molar-refractivity contribution >= 4 is 23.2 Å². The second kappa shape index (κ2) is 5.18. The molecule has 0 radical (unpaired) electrons. The highest BCUT2D eigenvalue weighted by molar-refractivity contribution is 6.30. The van der Waals surface area contributed by atoms with Crippen molar-refractivity contribution in [1.82, 2.24) is 10.2 Å². The van der Waals surface area contributed by atoms with Crippen molar-refractivity contribution in [3.63, 3.8) is 0 Å². The maximum absolute atomic E-state index is 5.74.